The van der Waals surface area contributed by atoms with Crippen LogP contribution in [0.4, 0.5) is 0 Å². The van der Waals surface area contributed by atoms with E-state index in [4.69, 9.17) is 9.47 Å². The van der Waals surface area contributed by atoms with Gasteiger partial charge in [-0.05, 0) is 12.1 Å². The number of halogens is 1. The van der Waals surface area contributed by atoms with Crippen LogP contribution in [0.25, 0.3) is 21.6 Å². The fourth-order valence-corrected chi connectivity index (χ4v) is 5.51. The zero-order valence-corrected chi connectivity index (χ0v) is 24.9. The third kappa shape index (κ3) is 6.08. The molecule has 5 rings (SSSR count). The van der Waals surface area contributed by atoms with Gasteiger partial charge in [0, 0.05) is 44.1 Å². The van der Waals surface area contributed by atoms with Crippen LogP contribution in [-0.4, -0.2) is 88.2 Å². The third-order valence-electron chi connectivity index (χ3n) is 6.55. The normalized spacial score (nSPS) is 13.3. The van der Waals surface area contributed by atoms with E-state index < -0.39 is 11.7 Å². The smallest absolute Gasteiger partial charge is 0.295 e. The average Bonchev–Trinajstić information content (AvgIpc) is 3.68. The Bertz CT molecular complexity index is 1600. The second-order valence-corrected chi connectivity index (χ2v) is 10.7. The van der Waals surface area contributed by atoms with Gasteiger partial charge in [0.2, 0.25) is 0 Å². The lowest BCUT2D eigenvalue weighted by atomic mass is 10.1. The van der Waals surface area contributed by atoms with Crippen molar-refractivity contribution in [1.29, 1.82) is 0 Å². The Morgan fingerprint density at radius 1 is 1.05 bits per heavy atom. The van der Waals surface area contributed by atoms with Crippen LogP contribution in [0.3, 0.4) is 0 Å². The number of hydrogen-bond acceptors (Lipinski definition) is 9. The highest BCUT2D eigenvalue weighted by Gasteiger charge is 2.31. The average molecular weight is 689 g/mol. The van der Waals surface area contributed by atoms with E-state index in [1.54, 1.807) is 58.2 Å². The lowest BCUT2D eigenvalue weighted by molar-refractivity contribution is -0.127. The second-order valence-electron chi connectivity index (χ2n) is 9.05. The number of amides is 3. The molecular formula is C27H25IN6O6S. The number of nitrogens with one attached hydrogen (secondary N) is 2. The van der Waals surface area contributed by atoms with Crippen molar-refractivity contribution in [2.45, 2.75) is 6.61 Å². The summed E-state index contributed by atoms with van der Waals surface area (Å²) in [6.07, 6.45) is 4.61. The van der Waals surface area contributed by atoms with Crippen LogP contribution >= 0.6 is 34.2 Å². The lowest BCUT2D eigenvalue weighted by Crippen LogP contribution is -2.52. The van der Waals surface area contributed by atoms with Gasteiger partial charge in [-0.15, -0.1) is 11.3 Å². The summed E-state index contributed by atoms with van der Waals surface area (Å²) in [4.78, 5) is 66.8. The van der Waals surface area contributed by atoms with Gasteiger partial charge < -0.3 is 24.3 Å². The molecule has 2 N–H and O–H groups in total. The van der Waals surface area contributed by atoms with Crippen LogP contribution in [0.2, 0.25) is 0 Å². The molecule has 4 aromatic rings. The molecule has 0 atom stereocenters. The summed E-state index contributed by atoms with van der Waals surface area (Å²) in [6.45, 7) is 1.29. The van der Waals surface area contributed by atoms with Crippen LogP contribution in [0.15, 0.2) is 48.9 Å². The minimum atomic E-state index is -0.684. The number of hydrogen-bond donors (Lipinski definition) is 2. The first kappa shape index (κ1) is 28.6. The number of aromatic amines is 1. The molecule has 0 aliphatic carbocycles. The second kappa shape index (κ2) is 12.7. The summed E-state index contributed by atoms with van der Waals surface area (Å²) in [7, 11) is 1.47. The number of benzene rings is 1. The van der Waals surface area contributed by atoms with Gasteiger partial charge >= 0.3 is 0 Å². The molecular weight excluding hydrogens is 663 g/mol. The molecule has 12 nitrogen and oxygen atoms in total. The molecule has 1 aliphatic heterocycles. The van der Waals surface area contributed by atoms with Gasteiger partial charge in [0.25, 0.3) is 23.5 Å². The first-order chi connectivity index (χ1) is 19.9. The Labute approximate surface area is 252 Å². The highest BCUT2D eigenvalue weighted by Crippen LogP contribution is 2.36. The van der Waals surface area contributed by atoms with Gasteiger partial charge in [-0.25, -0.2) is 9.97 Å². The topological polar surface area (TPSA) is 147 Å². The number of carbonyl (C=O) groups excluding carboxylic acids is 4. The number of nitrogens with zero attached hydrogens (tertiary/aromatic N) is 4. The van der Waals surface area contributed by atoms with Crippen molar-refractivity contribution in [3.05, 3.63) is 64.9 Å². The molecule has 14 heteroatoms. The molecule has 0 unspecified atom stereocenters. The molecule has 0 radical (unpaired) electrons. The van der Waals surface area contributed by atoms with Gasteiger partial charge in [-0.2, -0.15) is 0 Å². The van der Waals surface area contributed by atoms with Gasteiger partial charge in [-0.3, -0.25) is 22.7 Å². The number of rotatable bonds is 9. The number of H-pyrrole nitrogens is 1. The van der Waals surface area contributed by atoms with Crippen LogP contribution in [-0.2, 0) is 20.9 Å². The number of ether oxygens (including phenoxy) is 2. The molecule has 212 valence electrons. The van der Waals surface area contributed by atoms with Crippen molar-refractivity contribution >= 4 is 68.6 Å². The number of fused-ring (bicyclic) bond motifs is 1. The number of Topliss-reactive ketones (excluding diaryl/α,β-unsaturated/α-hetero) is 1. The summed E-state index contributed by atoms with van der Waals surface area (Å²) in [5.74, 6) is -1.34. The fraction of sp³-hybridized carbons (Fsp3) is 0.259. The highest BCUT2D eigenvalue weighted by molar-refractivity contribution is 14.1. The predicted molar refractivity (Wildman–Crippen MR) is 159 cm³/mol. The van der Waals surface area contributed by atoms with Crippen LogP contribution in [0, 0.1) is 0 Å². The van der Waals surface area contributed by atoms with E-state index in [9.17, 15) is 19.2 Å². The maximum atomic E-state index is 13.4. The van der Waals surface area contributed by atoms with E-state index >= 15 is 0 Å². The van der Waals surface area contributed by atoms with Crippen molar-refractivity contribution in [3.63, 3.8) is 0 Å². The third-order valence-corrected chi connectivity index (χ3v) is 8.13. The van der Waals surface area contributed by atoms with Gasteiger partial charge in [0.05, 0.1) is 64.1 Å². The number of carbonyl (C=O) groups is 4. The van der Waals surface area contributed by atoms with Crippen molar-refractivity contribution in [3.8, 4) is 16.5 Å². The minimum absolute atomic E-state index is 0.0737. The zero-order chi connectivity index (χ0) is 28.9. The Hall–Kier alpha value is -3.89. The Morgan fingerprint density at radius 2 is 1.78 bits per heavy atom. The van der Waals surface area contributed by atoms with E-state index in [0.29, 0.717) is 46.0 Å². The SMILES string of the molecule is COc1cnc(-c2ncc(COCC(=O)NI)s2)c2[nH]cc(C(=O)C(=O)N3CCN(C(=O)c4ccccc4)CC3)c12. The standard InChI is InChI=1S/C27H25IN6O6S/c1-39-19-13-30-23(25-31-11-17(41-25)14-40-15-20(35)32-28)22-21(19)18(12-29-22)24(36)27(38)34-9-7-33(8-10-34)26(37)16-5-3-2-4-6-16/h2-6,11-13,29H,7-10,14-15H2,1H3,(H,32,35). The van der Waals surface area contributed by atoms with Gasteiger partial charge in [-0.1, -0.05) is 18.2 Å². The molecule has 3 amide bonds. The number of methoxy groups -OCH3 is 1. The van der Waals surface area contributed by atoms with Gasteiger partial charge in [0.15, 0.2) is 0 Å². The summed E-state index contributed by atoms with van der Waals surface area (Å²) in [6, 6.07) is 8.96. The minimum Gasteiger partial charge on any atom is -0.494 e. The van der Waals surface area contributed by atoms with Crippen molar-refractivity contribution in [1.82, 2.24) is 28.3 Å². The number of piperazine rings is 1. The summed E-state index contributed by atoms with van der Waals surface area (Å²) >= 11 is 3.08. The maximum absolute atomic E-state index is 13.4. The number of aromatic nitrogens is 3. The number of pyridine rings is 1. The molecule has 1 saturated heterocycles. The van der Waals surface area contributed by atoms with Crippen LogP contribution in [0.5, 0.6) is 5.75 Å². The van der Waals surface area contributed by atoms with Crippen molar-refractivity contribution in [2.75, 3.05) is 39.9 Å². The van der Waals surface area contributed by atoms with E-state index in [2.05, 4.69) is 18.5 Å². The van der Waals surface area contributed by atoms with Crippen molar-refractivity contribution < 1.29 is 28.7 Å². The predicted octanol–water partition coefficient (Wildman–Crippen LogP) is 2.85. The largest absolute Gasteiger partial charge is 0.494 e. The van der Waals surface area contributed by atoms with Crippen LogP contribution < -0.4 is 8.27 Å². The van der Waals surface area contributed by atoms with Crippen molar-refractivity contribution in [2.24, 2.45) is 0 Å². The highest BCUT2D eigenvalue weighted by atomic mass is 127. The Kier molecular flexibility index (Phi) is 8.90. The van der Waals surface area contributed by atoms with E-state index in [0.717, 1.165) is 4.88 Å². The Morgan fingerprint density at radius 3 is 2.49 bits per heavy atom. The molecule has 41 heavy (non-hydrogen) atoms. The first-order valence-corrected chi connectivity index (χ1v) is 14.4. The lowest BCUT2D eigenvalue weighted by Gasteiger charge is -2.34. The number of thiazole rings is 1. The molecule has 1 fully saturated rings. The summed E-state index contributed by atoms with van der Waals surface area (Å²) in [5.41, 5.74) is 1.74. The molecule has 1 aromatic carbocycles. The molecule has 1 aliphatic rings. The fourth-order valence-electron chi connectivity index (χ4n) is 4.50. The summed E-state index contributed by atoms with van der Waals surface area (Å²) in [5, 5.41) is 1.00. The van der Waals surface area contributed by atoms with Crippen LogP contribution in [0.1, 0.15) is 25.6 Å². The first-order valence-electron chi connectivity index (χ1n) is 12.6. The Balaban J connectivity index is 1.32. The zero-order valence-electron chi connectivity index (χ0n) is 21.9. The van der Waals surface area contributed by atoms with Gasteiger partial charge in [0.1, 0.15) is 23.1 Å². The molecule has 0 bridgehead atoms. The van der Waals surface area contributed by atoms with E-state index in [-0.39, 0.29) is 43.7 Å². The van der Waals surface area contributed by atoms with E-state index in [1.807, 2.05) is 6.07 Å². The monoisotopic (exact) mass is 688 g/mol. The molecule has 3 aromatic heterocycles. The summed E-state index contributed by atoms with van der Waals surface area (Å²) < 4.78 is 13.4. The number of ketones is 1. The quantitative estimate of drug-likeness (QED) is 0.118. The molecule has 0 saturated carbocycles. The molecule has 4 heterocycles. The van der Waals surface area contributed by atoms with E-state index in [1.165, 1.54) is 35.7 Å². The maximum Gasteiger partial charge on any atom is 0.295 e. The molecule has 0 spiro atoms.